The maximum Gasteiger partial charge on any atom is 0.342 e. The third-order valence-corrected chi connectivity index (χ3v) is 1.46. The van der Waals surface area contributed by atoms with Crippen molar-refractivity contribution in [3.8, 4) is 5.75 Å². The molecule has 0 aromatic heterocycles. The van der Waals surface area contributed by atoms with Gasteiger partial charge in [-0.3, -0.25) is 0 Å². The average Bonchev–Trinajstić information content (AvgIpc) is 2.15. The molecule has 0 fully saturated rings. The van der Waals surface area contributed by atoms with Crippen molar-refractivity contribution in [3.05, 3.63) is 42.5 Å². The molecule has 1 rings (SSSR count). The highest BCUT2D eigenvalue weighted by Crippen LogP contribution is 2.16. The maximum absolute atomic E-state index is 11.2. The molecule has 0 saturated heterocycles. The third kappa shape index (κ3) is 3.39. The Morgan fingerprint density at radius 2 is 2.14 bits per heavy atom. The number of hydrogen-bond acceptors (Lipinski definition) is 3. The SMILES string of the molecule is C=CCOC(=O)c1ccccc1O.[MgH2]. The summed E-state index contributed by atoms with van der Waals surface area (Å²) < 4.78 is 4.74. The van der Waals surface area contributed by atoms with Crippen LogP contribution in [0.2, 0.25) is 0 Å². The second-order valence-corrected chi connectivity index (χ2v) is 2.40. The van der Waals surface area contributed by atoms with Crippen LogP contribution in [-0.4, -0.2) is 40.7 Å². The van der Waals surface area contributed by atoms with Crippen molar-refractivity contribution in [3.63, 3.8) is 0 Å². The molecular weight excluding hydrogens is 192 g/mol. The van der Waals surface area contributed by atoms with Crippen LogP contribution in [0.5, 0.6) is 5.75 Å². The molecule has 14 heavy (non-hydrogen) atoms. The Balaban J connectivity index is 0.00000169. The van der Waals surface area contributed by atoms with Gasteiger partial charge in [-0.05, 0) is 12.1 Å². The molecule has 0 amide bonds. The van der Waals surface area contributed by atoms with Gasteiger partial charge in [0.15, 0.2) is 0 Å². The molecule has 0 spiro atoms. The van der Waals surface area contributed by atoms with Crippen LogP contribution in [0.3, 0.4) is 0 Å². The van der Waals surface area contributed by atoms with E-state index >= 15 is 0 Å². The van der Waals surface area contributed by atoms with Crippen LogP contribution in [0.15, 0.2) is 36.9 Å². The number of esters is 1. The van der Waals surface area contributed by atoms with Crippen LogP contribution in [0.4, 0.5) is 0 Å². The van der Waals surface area contributed by atoms with Crippen LogP contribution < -0.4 is 0 Å². The molecule has 1 N–H and O–H groups in total. The number of benzene rings is 1. The van der Waals surface area contributed by atoms with Crippen molar-refractivity contribution in [1.29, 1.82) is 0 Å². The average molecular weight is 205 g/mol. The van der Waals surface area contributed by atoms with Gasteiger partial charge in [0.1, 0.15) is 17.9 Å². The predicted octanol–water partition coefficient (Wildman–Crippen LogP) is 0.819. The summed E-state index contributed by atoms with van der Waals surface area (Å²) in [5, 5.41) is 9.25. The van der Waals surface area contributed by atoms with Gasteiger partial charge in [0, 0.05) is 0 Å². The molecule has 0 unspecified atom stereocenters. The second-order valence-electron chi connectivity index (χ2n) is 2.40. The summed E-state index contributed by atoms with van der Waals surface area (Å²) in [6.45, 7) is 3.56. The van der Waals surface area contributed by atoms with Crippen LogP contribution in [0, 0.1) is 0 Å². The van der Waals surface area contributed by atoms with E-state index in [9.17, 15) is 9.90 Å². The molecule has 0 aliphatic rings. The highest BCUT2D eigenvalue weighted by molar-refractivity contribution is 5.92. The van der Waals surface area contributed by atoms with E-state index in [1.165, 1.54) is 18.2 Å². The summed E-state index contributed by atoms with van der Waals surface area (Å²) in [5.74, 6) is -0.616. The number of phenolic OH excluding ortho intramolecular Hbond substituents is 1. The van der Waals surface area contributed by atoms with Crippen molar-refractivity contribution < 1.29 is 14.6 Å². The zero-order valence-electron chi connectivity index (χ0n) is 7.06. The van der Waals surface area contributed by atoms with Gasteiger partial charge in [0.25, 0.3) is 0 Å². The molecule has 0 saturated carbocycles. The number of hydrogen-bond donors (Lipinski definition) is 1. The Labute approximate surface area is 98.5 Å². The Morgan fingerprint density at radius 3 is 2.71 bits per heavy atom. The zero-order chi connectivity index (χ0) is 9.68. The fourth-order valence-corrected chi connectivity index (χ4v) is 0.859. The lowest BCUT2D eigenvalue weighted by Crippen LogP contribution is -2.04. The Bertz CT molecular complexity index is 323. The van der Waals surface area contributed by atoms with Gasteiger partial charge in [-0.25, -0.2) is 4.79 Å². The molecular formula is C10H12MgO3. The number of aromatic hydroxyl groups is 1. The van der Waals surface area contributed by atoms with Gasteiger partial charge < -0.3 is 9.84 Å². The summed E-state index contributed by atoms with van der Waals surface area (Å²) in [6.07, 6.45) is 1.47. The Morgan fingerprint density at radius 1 is 1.50 bits per heavy atom. The largest absolute Gasteiger partial charge is 0.507 e. The summed E-state index contributed by atoms with van der Waals surface area (Å²) in [5.41, 5.74) is 0.171. The van der Waals surface area contributed by atoms with E-state index in [1.807, 2.05) is 0 Å². The molecule has 3 nitrogen and oxygen atoms in total. The van der Waals surface area contributed by atoms with Crippen LogP contribution in [0.25, 0.3) is 0 Å². The first kappa shape index (κ1) is 13.0. The topological polar surface area (TPSA) is 46.5 Å². The number of para-hydroxylation sites is 1. The fraction of sp³-hybridized carbons (Fsp3) is 0.100. The van der Waals surface area contributed by atoms with Crippen LogP contribution in [-0.2, 0) is 4.74 Å². The summed E-state index contributed by atoms with van der Waals surface area (Å²) in [4.78, 5) is 11.2. The standard InChI is InChI=1S/C10H10O3.Mg.2H/c1-2-7-13-10(12)8-5-3-4-6-9(8)11;;;/h2-6,11H,1,7H2;;;. The predicted molar refractivity (Wildman–Crippen MR) is 57.1 cm³/mol. The monoisotopic (exact) mass is 204 g/mol. The first-order valence-corrected chi connectivity index (χ1v) is 3.81. The number of phenols is 1. The minimum absolute atomic E-state index is 0. The number of carbonyl (C=O) groups excluding carboxylic acids is 1. The van der Waals surface area contributed by atoms with E-state index in [1.54, 1.807) is 12.1 Å². The van der Waals surface area contributed by atoms with Gasteiger partial charge in [-0.15, -0.1) is 0 Å². The molecule has 1 aromatic carbocycles. The van der Waals surface area contributed by atoms with E-state index < -0.39 is 5.97 Å². The van der Waals surface area contributed by atoms with Gasteiger partial charge in [-0.2, -0.15) is 0 Å². The van der Waals surface area contributed by atoms with E-state index in [0.29, 0.717) is 0 Å². The smallest absolute Gasteiger partial charge is 0.342 e. The van der Waals surface area contributed by atoms with Crippen molar-refractivity contribution in [1.82, 2.24) is 0 Å². The number of carbonyl (C=O) groups is 1. The zero-order valence-corrected chi connectivity index (χ0v) is 7.06. The van der Waals surface area contributed by atoms with Gasteiger partial charge in [0.2, 0.25) is 0 Å². The molecule has 0 aliphatic carbocycles. The number of ether oxygens (including phenoxy) is 1. The first-order valence-electron chi connectivity index (χ1n) is 3.81. The van der Waals surface area contributed by atoms with Crippen molar-refractivity contribution >= 4 is 29.0 Å². The van der Waals surface area contributed by atoms with E-state index in [2.05, 4.69) is 6.58 Å². The number of rotatable bonds is 3. The lowest BCUT2D eigenvalue weighted by Gasteiger charge is -2.02. The Kier molecular flexibility index (Phi) is 5.99. The van der Waals surface area contributed by atoms with Crippen molar-refractivity contribution in [2.24, 2.45) is 0 Å². The van der Waals surface area contributed by atoms with Crippen molar-refractivity contribution in [2.45, 2.75) is 0 Å². The normalized spacial score (nSPS) is 8.57. The van der Waals surface area contributed by atoms with E-state index in [-0.39, 0.29) is 41.0 Å². The lowest BCUT2D eigenvalue weighted by molar-refractivity contribution is 0.0546. The first-order chi connectivity index (χ1) is 6.25. The molecule has 0 bridgehead atoms. The fourth-order valence-electron chi connectivity index (χ4n) is 0.859. The molecule has 4 heteroatoms. The summed E-state index contributed by atoms with van der Waals surface area (Å²) in [6, 6.07) is 6.23. The molecule has 0 radical (unpaired) electrons. The molecule has 72 valence electrons. The minimum atomic E-state index is -0.544. The second kappa shape index (κ2) is 6.45. The van der Waals surface area contributed by atoms with Crippen molar-refractivity contribution in [2.75, 3.05) is 6.61 Å². The summed E-state index contributed by atoms with van der Waals surface area (Å²) in [7, 11) is 0. The van der Waals surface area contributed by atoms with E-state index in [4.69, 9.17) is 4.74 Å². The molecule has 0 heterocycles. The van der Waals surface area contributed by atoms with Crippen LogP contribution in [0.1, 0.15) is 10.4 Å². The molecule has 0 aliphatic heterocycles. The van der Waals surface area contributed by atoms with Gasteiger partial charge in [-0.1, -0.05) is 24.8 Å². The third-order valence-electron chi connectivity index (χ3n) is 1.46. The van der Waals surface area contributed by atoms with Gasteiger partial charge in [0.05, 0.1) is 0 Å². The molecule has 0 atom stereocenters. The van der Waals surface area contributed by atoms with Gasteiger partial charge >= 0.3 is 29.0 Å². The van der Waals surface area contributed by atoms with E-state index in [0.717, 1.165) is 0 Å². The molecule has 1 aromatic rings. The quantitative estimate of drug-likeness (QED) is 0.450. The summed E-state index contributed by atoms with van der Waals surface area (Å²) >= 11 is 0. The Hall–Kier alpha value is -1.00. The highest BCUT2D eigenvalue weighted by Gasteiger charge is 2.09. The highest BCUT2D eigenvalue weighted by atomic mass is 24.3. The lowest BCUT2D eigenvalue weighted by atomic mass is 10.2. The van der Waals surface area contributed by atoms with Crippen LogP contribution >= 0.6 is 0 Å². The minimum Gasteiger partial charge on any atom is -0.507 e. The maximum atomic E-state index is 11.2.